The fourth-order valence-electron chi connectivity index (χ4n) is 0.414. The largest absolute Gasteiger partial charge is 0.478 e. The maximum Gasteiger partial charge on any atom is 0.327 e. The van der Waals surface area contributed by atoms with Gasteiger partial charge >= 0.3 is 5.97 Å². The molecule has 1 N–H and O–H groups in total. The van der Waals surface area contributed by atoms with E-state index < -0.39 is 5.97 Å². The summed E-state index contributed by atoms with van der Waals surface area (Å²) < 4.78 is 0. The third kappa shape index (κ3) is 6.31. The quantitative estimate of drug-likeness (QED) is 0.580. The Morgan fingerprint density at radius 3 is 1.91 bits per heavy atom. The summed E-state index contributed by atoms with van der Waals surface area (Å²) in [6.45, 7) is 6.64. The van der Waals surface area contributed by atoms with Crippen molar-refractivity contribution in [1.29, 1.82) is 0 Å². The molecule has 2 heteroatoms. The first-order valence-corrected chi connectivity index (χ1v) is 3.06. The van der Waals surface area contributed by atoms with Crippen molar-refractivity contribution in [2.45, 2.75) is 0 Å². The SMILES string of the molecule is C=C1C=CC=C1.C=CC(=O)O. The molecule has 0 aromatic carbocycles. The first-order valence-electron chi connectivity index (χ1n) is 3.06. The van der Waals surface area contributed by atoms with Crippen LogP contribution in [0.4, 0.5) is 0 Å². The molecule has 58 valence electrons. The highest BCUT2D eigenvalue weighted by molar-refractivity contribution is 5.78. The summed E-state index contributed by atoms with van der Waals surface area (Å²) >= 11 is 0. The lowest BCUT2D eigenvalue weighted by Crippen LogP contribution is -1.82. The van der Waals surface area contributed by atoms with Crippen molar-refractivity contribution in [1.82, 2.24) is 0 Å². The van der Waals surface area contributed by atoms with Crippen molar-refractivity contribution in [3.05, 3.63) is 49.1 Å². The van der Waals surface area contributed by atoms with Crippen molar-refractivity contribution in [3.8, 4) is 0 Å². The summed E-state index contributed by atoms with van der Waals surface area (Å²) in [5.41, 5.74) is 1.09. The van der Waals surface area contributed by atoms with E-state index in [1.54, 1.807) is 0 Å². The van der Waals surface area contributed by atoms with Crippen LogP contribution in [0.5, 0.6) is 0 Å². The highest BCUT2D eigenvalue weighted by Gasteiger charge is 1.80. The van der Waals surface area contributed by atoms with E-state index in [2.05, 4.69) is 13.2 Å². The monoisotopic (exact) mass is 150 g/mol. The van der Waals surface area contributed by atoms with Gasteiger partial charge in [0.15, 0.2) is 0 Å². The van der Waals surface area contributed by atoms with E-state index in [0.29, 0.717) is 0 Å². The molecule has 0 aromatic rings. The Labute approximate surface area is 65.9 Å². The fourth-order valence-corrected chi connectivity index (χ4v) is 0.414. The van der Waals surface area contributed by atoms with Gasteiger partial charge in [-0.05, 0) is 5.57 Å². The molecule has 0 aliphatic heterocycles. The van der Waals surface area contributed by atoms with Gasteiger partial charge in [-0.3, -0.25) is 0 Å². The molecular formula is C9H10O2. The van der Waals surface area contributed by atoms with E-state index in [0.717, 1.165) is 11.6 Å². The van der Waals surface area contributed by atoms with Crippen LogP contribution in [0.1, 0.15) is 0 Å². The molecule has 0 unspecified atom stereocenters. The maximum absolute atomic E-state index is 9.25. The van der Waals surface area contributed by atoms with Crippen LogP contribution in [0.15, 0.2) is 49.1 Å². The molecule has 1 rings (SSSR count). The maximum atomic E-state index is 9.25. The lowest BCUT2D eigenvalue weighted by atomic mass is 10.4. The molecular weight excluding hydrogens is 140 g/mol. The smallest absolute Gasteiger partial charge is 0.327 e. The van der Waals surface area contributed by atoms with Gasteiger partial charge in [-0.2, -0.15) is 0 Å². The van der Waals surface area contributed by atoms with Gasteiger partial charge in [-0.1, -0.05) is 37.5 Å². The van der Waals surface area contributed by atoms with Gasteiger partial charge in [0.1, 0.15) is 0 Å². The number of hydrogen-bond acceptors (Lipinski definition) is 1. The number of allylic oxidation sites excluding steroid dienone is 5. The van der Waals surface area contributed by atoms with Crippen LogP contribution >= 0.6 is 0 Å². The highest BCUT2D eigenvalue weighted by atomic mass is 16.4. The molecule has 2 nitrogen and oxygen atoms in total. The van der Waals surface area contributed by atoms with E-state index in [1.807, 2.05) is 24.3 Å². The Morgan fingerprint density at radius 2 is 1.82 bits per heavy atom. The lowest BCUT2D eigenvalue weighted by molar-refractivity contribution is -0.131. The zero-order valence-corrected chi connectivity index (χ0v) is 6.16. The highest BCUT2D eigenvalue weighted by Crippen LogP contribution is 2.01. The third-order valence-electron chi connectivity index (χ3n) is 0.906. The molecule has 0 atom stereocenters. The fraction of sp³-hybridized carbons (Fsp3) is 0. The van der Waals surface area contributed by atoms with Crippen LogP contribution < -0.4 is 0 Å². The molecule has 0 saturated carbocycles. The van der Waals surface area contributed by atoms with E-state index in [-0.39, 0.29) is 0 Å². The predicted octanol–water partition coefficient (Wildman–Crippen LogP) is 1.93. The summed E-state index contributed by atoms with van der Waals surface area (Å²) in [4.78, 5) is 9.25. The van der Waals surface area contributed by atoms with Gasteiger partial charge in [0.2, 0.25) is 0 Å². The van der Waals surface area contributed by atoms with Crippen LogP contribution in [0.3, 0.4) is 0 Å². The van der Waals surface area contributed by atoms with Gasteiger partial charge in [-0.25, -0.2) is 4.79 Å². The number of aliphatic carboxylic acids is 1. The second-order valence-electron chi connectivity index (χ2n) is 1.84. The second-order valence-corrected chi connectivity index (χ2v) is 1.84. The molecule has 1 aliphatic carbocycles. The van der Waals surface area contributed by atoms with Crippen molar-refractivity contribution in [3.63, 3.8) is 0 Å². The second kappa shape index (κ2) is 5.23. The summed E-state index contributed by atoms with van der Waals surface area (Å²) in [6.07, 6.45) is 8.73. The first kappa shape index (κ1) is 9.43. The minimum Gasteiger partial charge on any atom is -0.478 e. The molecule has 0 fully saturated rings. The molecule has 0 aromatic heterocycles. The Balaban J connectivity index is 0.000000187. The number of carboxylic acid groups (broad SMARTS) is 1. The van der Waals surface area contributed by atoms with Crippen LogP contribution in [0, 0.1) is 0 Å². The zero-order chi connectivity index (χ0) is 8.69. The van der Waals surface area contributed by atoms with Gasteiger partial charge in [0.25, 0.3) is 0 Å². The molecule has 0 radical (unpaired) electrons. The van der Waals surface area contributed by atoms with Gasteiger partial charge in [0, 0.05) is 6.08 Å². The summed E-state index contributed by atoms with van der Waals surface area (Å²) in [6, 6.07) is 0. The van der Waals surface area contributed by atoms with Crippen molar-refractivity contribution in [2.24, 2.45) is 0 Å². The van der Waals surface area contributed by atoms with Crippen molar-refractivity contribution < 1.29 is 9.90 Å². The molecule has 0 saturated heterocycles. The summed E-state index contributed by atoms with van der Waals surface area (Å²) in [7, 11) is 0. The lowest BCUT2D eigenvalue weighted by Gasteiger charge is -1.71. The molecule has 0 heterocycles. The normalized spacial score (nSPS) is 12.2. The third-order valence-corrected chi connectivity index (χ3v) is 0.906. The van der Waals surface area contributed by atoms with Crippen LogP contribution in [0.25, 0.3) is 0 Å². The van der Waals surface area contributed by atoms with Gasteiger partial charge in [-0.15, -0.1) is 0 Å². The van der Waals surface area contributed by atoms with Crippen molar-refractivity contribution >= 4 is 5.97 Å². The van der Waals surface area contributed by atoms with E-state index >= 15 is 0 Å². The van der Waals surface area contributed by atoms with E-state index in [1.165, 1.54) is 0 Å². The van der Waals surface area contributed by atoms with Gasteiger partial charge in [0.05, 0.1) is 0 Å². The van der Waals surface area contributed by atoms with Crippen LogP contribution in [-0.2, 0) is 4.79 Å². The summed E-state index contributed by atoms with van der Waals surface area (Å²) in [5, 5.41) is 7.60. The number of hydrogen-bond donors (Lipinski definition) is 1. The van der Waals surface area contributed by atoms with Gasteiger partial charge < -0.3 is 5.11 Å². The Morgan fingerprint density at radius 1 is 1.45 bits per heavy atom. The Hall–Kier alpha value is -1.57. The van der Waals surface area contributed by atoms with E-state index in [9.17, 15) is 4.79 Å². The average Bonchev–Trinajstić information content (AvgIpc) is 2.41. The molecule has 0 spiro atoms. The average molecular weight is 150 g/mol. The first-order chi connectivity index (χ1) is 5.16. The number of rotatable bonds is 1. The van der Waals surface area contributed by atoms with Crippen LogP contribution in [0.2, 0.25) is 0 Å². The summed E-state index contributed by atoms with van der Waals surface area (Å²) in [5.74, 6) is -0.981. The molecule has 1 aliphatic rings. The predicted molar refractivity (Wildman–Crippen MR) is 45.3 cm³/mol. The van der Waals surface area contributed by atoms with Crippen LogP contribution in [-0.4, -0.2) is 11.1 Å². The minimum atomic E-state index is -0.981. The van der Waals surface area contributed by atoms with Crippen molar-refractivity contribution in [2.75, 3.05) is 0 Å². The van der Waals surface area contributed by atoms with E-state index in [4.69, 9.17) is 5.11 Å². The Bertz CT molecular complexity index is 208. The number of carboxylic acids is 1. The topological polar surface area (TPSA) is 37.3 Å². The number of carbonyl (C=O) groups is 1. The Kier molecular flexibility index (Phi) is 4.49. The standard InChI is InChI=1S/C6H6.C3H4O2/c1-6-4-2-3-5-6;1-2-3(4)5/h2-5H,1H2;2H,1H2,(H,4,5). The molecule has 0 bridgehead atoms. The zero-order valence-electron chi connectivity index (χ0n) is 6.16. The molecule has 0 amide bonds. The minimum absolute atomic E-state index is 0.833. The molecule has 11 heavy (non-hydrogen) atoms.